The number of amides is 4. The van der Waals surface area contributed by atoms with E-state index in [2.05, 4.69) is 26.3 Å². The second-order valence-electron chi connectivity index (χ2n) is 11.5. The van der Waals surface area contributed by atoms with E-state index in [1.54, 1.807) is 18.3 Å². The van der Waals surface area contributed by atoms with Gasteiger partial charge in [-0.25, -0.2) is 0 Å². The Bertz CT molecular complexity index is 1320. The second kappa shape index (κ2) is 17.3. The van der Waals surface area contributed by atoms with E-state index in [9.17, 15) is 29.1 Å². The normalized spacial score (nSPS) is 23.7. The van der Waals surface area contributed by atoms with Crippen molar-refractivity contribution in [3.8, 4) is 0 Å². The molecule has 3 rings (SSSR count). The van der Waals surface area contributed by atoms with Crippen LogP contribution in [0.2, 0.25) is 0 Å². The van der Waals surface area contributed by atoms with Gasteiger partial charge in [0, 0.05) is 49.3 Å². The van der Waals surface area contributed by atoms with Crippen LogP contribution in [0.3, 0.4) is 0 Å². The van der Waals surface area contributed by atoms with Crippen molar-refractivity contribution in [2.24, 2.45) is 5.92 Å². The molecule has 11 nitrogen and oxygen atoms in total. The molecule has 0 saturated carbocycles. The molecule has 2 aromatic rings. The van der Waals surface area contributed by atoms with Crippen molar-refractivity contribution < 1.29 is 29.1 Å². The van der Waals surface area contributed by atoms with E-state index in [1.807, 2.05) is 45.0 Å². The van der Waals surface area contributed by atoms with E-state index in [-0.39, 0.29) is 43.4 Å². The predicted molar refractivity (Wildman–Crippen MR) is 168 cm³/mol. The van der Waals surface area contributed by atoms with Crippen LogP contribution in [0.15, 0.2) is 42.6 Å². The Morgan fingerprint density at radius 3 is 2.39 bits per heavy atom. The van der Waals surface area contributed by atoms with Crippen LogP contribution in [0, 0.1) is 5.92 Å². The molecular weight excluding hydrogens is 562 g/mol. The van der Waals surface area contributed by atoms with Gasteiger partial charge < -0.3 is 31.4 Å². The highest BCUT2D eigenvalue weighted by atomic mass is 16.3. The number of hydrogen-bond acceptors (Lipinski definition) is 6. The Balaban J connectivity index is 1.91. The van der Waals surface area contributed by atoms with E-state index in [4.69, 9.17) is 0 Å². The molecule has 1 aromatic heterocycles. The number of aliphatic hydroxyl groups is 1. The quantitative estimate of drug-likeness (QED) is 0.169. The molecule has 0 fully saturated rings. The van der Waals surface area contributed by atoms with E-state index in [0.29, 0.717) is 38.5 Å². The van der Waals surface area contributed by atoms with Crippen LogP contribution in [-0.4, -0.2) is 70.3 Å². The summed E-state index contributed by atoms with van der Waals surface area (Å²) in [5.74, 6) is -2.16. The molecule has 0 saturated heterocycles. The van der Waals surface area contributed by atoms with E-state index in [0.717, 1.165) is 16.5 Å². The number of unbranched alkanes of at least 4 members (excludes halogenated alkanes) is 2. The number of ketones is 1. The lowest BCUT2D eigenvalue weighted by Crippen LogP contribution is -2.59. The van der Waals surface area contributed by atoms with Crippen LogP contribution in [0.25, 0.3) is 10.9 Å². The van der Waals surface area contributed by atoms with Gasteiger partial charge in [0.2, 0.25) is 23.6 Å². The lowest BCUT2D eigenvalue weighted by atomic mass is 9.96. The SMILES string of the molecule is CCC(=O)CCCCC[C@@H]1NC(=O)C(O)C/C=C/CNC(=O)[C@H]([C@@H](C)CC)NC(=O)[C@H](Cc2c[nH]c3ccccc23)NC1=O. The summed E-state index contributed by atoms with van der Waals surface area (Å²) in [7, 11) is 0. The third kappa shape index (κ3) is 10.0. The molecule has 0 radical (unpaired) electrons. The van der Waals surface area contributed by atoms with Gasteiger partial charge in [-0.05, 0) is 30.4 Å². The van der Waals surface area contributed by atoms with Crippen LogP contribution >= 0.6 is 0 Å². The number of nitrogens with one attached hydrogen (secondary N) is 5. The number of Topliss-reactive ketones (excluding diaryl/α,β-unsaturated/α-hetero) is 1. The lowest BCUT2D eigenvalue weighted by molar-refractivity contribution is -0.136. The zero-order chi connectivity index (χ0) is 32.1. The smallest absolute Gasteiger partial charge is 0.249 e. The first-order valence-corrected chi connectivity index (χ1v) is 15.7. The minimum Gasteiger partial charge on any atom is -0.383 e. The molecule has 0 spiro atoms. The van der Waals surface area contributed by atoms with Gasteiger partial charge in [0.05, 0.1) is 0 Å². The molecule has 240 valence electrons. The summed E-state index contributed by atoms with van der Waals surface area (Å²) in [5, 5.41) is 22.5. The lowest BCUT2D eigenvalue weighted by Gasteiger charge is -2.28. The van der Waals surface area contributed by atoms with Gasteiger partial charge in [0.25, 0.3) is 0 Å². The molecule has 11 heteroatoms. The van der Waals surface area contributed by atoms with Gasteiger partial charge in [0.1, 0.15) is 30.0 Å². The number of H-pyrrole nitrogens is 1. The summed E-state index contributed by atoms with van der Waals surface area (Å²) in [6.07, 6.45) is 7.52. The minimum absolute atomic E-state index is 0.00386. The fourth-order valence-corrected chi connectivity index (χ4v) is 5.20. The molecule has 4 amide bonds. The Morgan fingerprint density at radius 1 is 0.909 bits per heavy atom. The number of carbonyl (C=O) groups excluding carboxylic acids is 5. The average molecular weight is 610 g/mol. The largest absolute Gasteiger partial charge is 0.383 e. The summed E-state index contributed by atoms with van der Waals surface area (Å²) >= 11 is 0. The van der Waals surface area contributed by atoms with Crippen LogP contribution in [0.5, 0.6) is 0 Å². The molecule has 1 aliphatic heterocycles. The van der Waals surface area contributed by atoms with Crippen molar-refractivity contribution in [1.29, 1.82) is 0 Å². The maximum atomic E-state index is 13.8. The molecule has 1 unspecified atom stereocenters. The third-order valence-electron chi connectivity index (χ3n) is 8.22. The summed E-state index contributed by atoms with van der Waals surface area (Å²) < 4.78 is 0. The van der Waals surface area contributed by atoms with E-state index < -0.39 is 42.0 Å². The standard InChI is InChI=1S/C33H47N5O6/c1-4-21(3)29-33(44)34-18-12-11-17-28(40)32(43)36-26(16-8-6-7-13-23(39)5-2)30(41)37-27(31(42)38-29)19-22-20-35-25-15-10-9-14-24(22)25/h9-12,14-15,20-21,26-29,35,40H,4-8,13,16-19H2,1-3H3,(H,34,44)(H,36,43)(H,37,41)(H,38,42)/b12-11+/t21-,26-,27-,28?,29-/m0/s1. The highest BCUT2D eigenvalue weighted by Gasteiger charge is 2.32. The molecule has 44 heavy (non-hydrogen) atoms. The Labute approximate surface area is 259 Å². The average Bonchev–Trinajstić information content (AvgIpc) is 3.43. The van der Waals surface area contributed by atoms with Crippen molar-refractivity contribution in [3.05, 3.63) is 48.2 Å². The number of fused-ring (bicyclic) bond motifs is 1. The van der Waals surface area contributed by atoms with E-state index >= 15 is 0 Å². The molecule has 1 aliphatic rings. The summed E-state index contributed by atoms with van der Waals surface area (Å²) in [6.45, 7) is 5.79. The molecule has 6 N–H and O–H groups in total. The van der Waals surface area contributed by atoms with Gasteiger partial charge in [-0.3, -0.25) is 24.0 Å². The van der Waals surface area contributed by atoms with E-state index in [1.165, 1.54) is 0 Å². The molecule has 2 heterocycles. The topological polar surface area (TPSA) is 169 Å². The fraction of sp³-hybridized carbons (Fsp3) is 0.545. The molecule has 0 bridgehead atoms. The highest BCUT2D eigenvalue weighted by Crippen LogP contribution is 2.20. The minimum atomic E-state index is -1.40. The van der Waals surface area contributed by atoms with Crippen LogP contribution < -0.4 is 21.3 Å². The molecule has 0 aliphatic carbocycles. The summed E-state index contributed by atoms with van der Waals surface area (Å²) in [6, 6.07) is 4.73. The van der Waals surface area contributed by atoms with Crippen molar-refractivity contribution in [2.75, 3.05) is 6.54 Å². The van der Waals surface area contributed by atoms with Crippen LogP contribution in [0.1, 0.15) is 77.7 Å². The van der Waals surface area contributed by atoms with Crippen molar-refractivity contribution in [2.45, 2.75) is 103 Å². The number of rotatable bonds is 11. The third-order valence-corrected chi connectivity index (χ3v) is 8.22. The first kappa shape index (κ1) is 34.5. The first-order valence-electron chi connectivity index (χ1n) is 15.7. The molecule has 1 aromatic carbocycles. The maximum absolute atomic E-state index is 13.8. The van der Waals surface area contributed by atoms with Gasteiger partial charge in [-0.15, -0.1) is 0 Å². The number of aromatic amines is 1. The molecule has 5 atom stereocenters. The highest BCUT2D eigenvalue weighted by molar-refractivity contribution is 5.95. The van der Waals surface area contributed by atoms with Gasteiger partial charge in [-0.2, -0.15) is 0 Å². The number of aromatic nitrogens is 1. The fourth-order valence-electron chi connectivity index (χ4n) is 5.20. The molecular formula is C33H47N5O6. The number of carbonyl (C=O) groups is 5. The number of para-hydroxylation sites is 1. The van der Waals surface area contributed by atoms with Gasteiger partial charge in [0.15, 0.2) is 0 Å². The number of benzene rings is 1. The predicted octanol–water partition coefficient (Wildman–Crippen LogP) is 2.58. The van der Waals surface area contributed by atoms with Crippen LogP contribution in [-0.2, 0) is 30.4 Å². The summed E-state index contributed by atoms with van der Waals surface area (Å²) in [5.41, 5.74) is 1.69. The Morgan fingerprint density at radius 2 is 1.64 bits per heavy atom. The first-order chi connectivity index (χ1) is 21.1. The number of aliphatic hydroxyl groups excluding tert-OH is 1. The van der Waals surface area contributed by atoms with Crippen molar-refractivity contribution in [3.63, 3.8) is 0 Å². The van der Waals surface area contributed by atoms with Crippen LogP contribution in [0.4, 0.5) is 0 Å². The zero-order valence-electron chi connectivity index (χ0n) is 26.0. The summed E-state index contributed by atoms with van der Waals surface area (Å²) in [4.78, 5) is 68.4. The maximum Gasteiger partial charge on any atom is 0.249 e. The Kier molecular flexibility index (Phi) is 13.6. The zero-order valence-corrected chi connectivity index (χ0v) is 26.0. The van der Waals surface area contributed by atoms with Crippen molar-refractivity contribution >= 4 is 40.3 Å². The van der Waals surface area contributed by atoms with Gasteiger partial charge >= 0.3 is 0 Å². The second-order valence-corrected chi connectivity index (χ2v) is 11.5. The monoisotopic (exact) mass is 609 g/mol. The number of hydrogen-bond donors (Lipinski definition) is 6. The van der Waals surface area contributed by atoms with Crippen molar-refractivity contribution in [1.82, 2.24) is 26.3 Å². The van der Waals surface area contributed by atoms with Gasteiger partial charge in [-0.1, -0.05) is 70.4 Å². The Hall–Kier alpha value is -3.99.